The summed E-state index contributed by atoms with van der Waals surface area (Å²) in [6.45, 7) is 2.39. The molecule has 0 aliphatic heterocycles. The summed E-state index contributed by atoms with van der Waals surface area (Å²) in [5.41, 5.74) is 0. The van der Waals surface area contributed by atoms with Crippen LogP contribution in [0.5, 0.6) is 5.75 Å². The predicted molar refractivity (Wildman–Crippen MR) is 65.8 cm³/mol. The molecule has 0 spiro atoms. The number of carbonyl (C=O) groups is 1. The summed E-state index contributed by atoms with van der Waals surface area (Å²) in [6.07, 6.45) is 0.644. The van der Waals surface area contributed by atoms with Crippen LogP contribution in [0.3, 0.4) is 0 Å². The van der Waals surface area contributed by atoms with E-state index in [1.165, 1.54) is 18.2 Å². The van der Waals surface area contributed by atoms with Gasteiger partial charge in [0.15, 0.2) is 6.61 Å². The Morgan fingerprint density at radius 2 is 2.33 bits per heavy atom. The number of hydrogen-bond acceptors (Lipinski definition) is 3. The fourth-order valence-electron chi connectivity index (χ4n) is 1.37. The van der Waals surface area contributed by atoms with Crippen LogP contribution in [-0.4, -0.2) is 30.8 Å². The van der Waals surface area contributed by atoms with Gasteiger partial charge in [0.1, 0.15) is 11.6 Å². The van der Waals surface area contributed by atoms with Gasteiger partial charge < -0.3 is 15.2 Å². The van der Waals surface area contributed by atoms with Crippen molar-refractivity contribution in [3.05, 3.63) is 30.1 Å². The first-order chi connectivity index (χ1) is 8.61. The highest BCUT2D eigenvalue weighted by Crippen LogP contribution is 2.11. The van der Waals surface area contributed by atoms with Crippen molar-refractivity contribution in [2.24, 2.45) is 5.92 Å². The Hall–Kier alpha value is -1.62. The molecule has 0 saturated heterocycles. The van der Waals surface area contributed by atoms with E-state index in [1.54, 1.807) is 6.07 Å². The molecule has 1 aromatic carbocycles. The Morgan fingerprint density at radius 1 is 1.56 bits per heavy atom. The second-order valence-electron chi connectivity index (χ2n) is 4.17. The van der Waals surface area contributed by atoms with Crippen LogP contribution in [0.4, 0.5) is 4.39 Å². The van der Waals surface area contributed by atoms with E-state index in [-0.39, 0.29) is 25.0 Å². The van der Waals surface area contributed by atoms with E-state index in [4.69, 9.17) is 9.84 Å². The van der Waals surface area contributed by atoms with Gasteiger partial charge in [-0.15, -0.1) is 0 Å². The van der Waals surface area contributed by atoms with Crippen molar-refractivity contribution < 1.29 is 19.0 Å². The van der Waals surface area contributed by atoms with Crippen LogP contribution in [-0.2, 0) is 4.79 Å². The molecule has 1 amide bonds. The highest BCUT2D eigenvalue weighted by Gasteiger charge is 2.06. The van der Waals surface area contributed by atoms with E-state index in [0.717, 1.165) is 0 Å². The minimum Gasteiger partial charge on any atom is -0.484 e. The molecule has 0 radical (unpaired) electrons. The molecule has 1 rings (SSSR count). The monoisotopic (exact) mass is 255 g/mol. The third kappa shape index (κ3) is 5.63. The summed E-state index contributed by atoms with van der Waals surface area (Å²) in [4.78, 5) is 11.4. The maximum Gasteiger partial charge on any atom is 0.257 e. The Kier molecular flexibility index (Phi) is 6.14. The lowest BCUT2D eigenvalue weighted by Gasteiger charge is -2.11. The van der Waals surface area contributed by atoms with Crippen molar-refractivity contribution in [2.45, 2.75) is 13.3 Å². The number of aliphatic hydroxyl groups is 1. The molecule has 0 fully saturated rings. The summed E-state index contributed by atoms with van der Waals surface area (Å²) in [6, 6.07) is 5.64. The van der Waals surface area contributed by atoms with Gasteiger partial charge in [-0.3, -0.25) is 4.79 Å². The molecule has 0 heterocycles. The van der Waals surface area contributed by atoms with Gasteiger partial charge in [0.05, 0.1) is 0 Å². The van der Waals surface area contributed by atoms with E-state index in [9.17, 15) is 9.18 Å². The van der Waals surface area contributed by atoms with Gasteiger partial charge in [0.2, 0.25) is 0 Å². The number of halogens is 1. The first-order valence-electron chi connectivity index (χ1n) is 5.87. The van der Waals surface area contributed by atoms with Crippen LogP contribution in [0.15, 0.2) is 24.3 Å². The van der Waals surface area contributed by atoms with Crippen molar-refractivity contribution >= 4 is 5.91 Å². The molecule has 2 N–H and O–H groups in total. The highest BCUT2D eigenvalue weighted by molar-refractivity contribution is 5.77. The fraction of sp³-hybridized carbons (Fsp3) is 0.462. The zero-order chi connectivity index (χ0) is 13.4. The number of aliphatic hydroxyl groups excluding tert-OH is 1. The quantitative estimate of drug-likeness (QED) is 0.773. The summed E-state index contributed by atoms with van der Waals surface area (Å²) in [5.74, 6) is -0.116. The van der Waals surface area contributed by atoms with Crippen LogP contribution in [0.2, 0.25) is 0 Å². The first kappa shape index (κ1) is 14.4. The van der Waals surface area contributed by atoms with Gasteiger partial charge in [-0.05, 0) is 24.5 Å². The smallest absolute Gasteiger partial charge is 0.257 e. The minimum atomic E-state index is -0.399. The number of benzene rings is 1. The standard InChI is InChI=1S/C13H18FNO3/c1-10(5-6-16)8-15-13(17)9-18-12-4-2-3-11(14)7-12/h2-4,7,10,16H,5-6,8-9H2,1H3,(H,15,17). The number of nitrogens with one attached hydrogen (secondary N) is 1. The molecule has 18 heavy (non-hydrogen) atoms. The number of carbonyl (C=O) groups excluding carboxylic acids is 1. The van der Waals surface area contributed by atoms with Gasteiger partial charge in [-0.25, -0.2) is 4.39 Å². The molecule has 0 bridgehead atoms. The van der Waals surface area contributed by atoms with E-state index >= 15 is 0 Å². The normalized spacial score (nSPS) is 11.9. The number of hydrogen-bond donors (Lipinski definition) is 2. The second-order valence-corrected chi connectivity index (χ2v) is 4.17. The lowest BCUT2D eigenvalue weighted by molar-refractivity contribution is -0.123. The Balaban J connectivity index is 2.25. The molecule has 4 nitrogen and oxygen atoms in total. The zero-order valence-electron chi connectivity index (χ0n) is 10.4. The van der Waals surface area contributed by atoms with Crippen LogP contribution in [0.1, 0.15) is 13.3 Å². The van der Waals surface area contributed by atoms with E-state index < -0.39 is 5.82 Å². The molecule has 0 saturated carbocycles. The van der Waals surface area contributed by atoms with Crippen molar-refractivity contribution in [1.82, 2.24) is 5.32 Å². The maximum atomic E-state index is 12.8. The van der Waals surface area contributed by atoms with Crippen LogP contribution in [0, 0.1) is 11.7 Å². The fourth-order valence-corrected chi connectivity index (χ4v) is 1.37. The average Bonchev–Trinajstić information content (AvgIpc) is 2.34. The van der Waals surface area contributed by atoms with Gasteiger partial charge in [0.25, 0.3) is 5.91 Å². The van der Waals surface area contributed by atoms with Crippen molar-refractivity contribution in [3.8, 4) is 5.75 Å². The minimum absolute atomic E-state index is 0.108. The van der Waals surface area contributed by atoms with Crippen LogP contribution < -0.4 is 10.1 Å². The zero-order valence-corrected chi connectivity index (χ0v) is 10.4. The van der Waals surface area contributed by atoms with Gasteiger partial charge in [-0.1, -0.05) is 13.0 Å². The molecular weight excluding hydrogens is 237 g/mol. The molecule has 100 valence electrons. The van der Waals surface area contributed by atoms with Crippen LogP contribution in [0.25, 0.3) is 0 Å². The second kappa shape index (κ2) is 7.66. The van der Waals surface area contributed by atoms with Gasteiger partial charge in [-0.2, -0.15) is 0 Å². The molecular formula is C13H18FNO3. The molecule has 5 heteroatoms. The first-order valence-corrected chi connectivity index (χ1v) is 5.87. The number of amides is 1. The average molecular weight is 255 g/mol. The Bertz CT molecular complexity index is 384. The molecule has 1 aromatic rings. The molecule has 0 aliphatic rings. The van der Waals surface area contributed by atoms with Gasteiger partial charge >= 0.3 is 0 Å². The van der Waals surface area contributed by atoms with E-state index in [1.807, 2.05) is 6.92 Å². The topological polar surface area (TPSA) is 58.6 Å². The summed E-state index contributed by atoms with van der Waals surface area (Å²) < 4.78 is 18.0. The van der Waals surface area contributed by atoms with Crippen molar-refractivity contribution in [3.63, 3.8) is 0 Å². The lowest BCUT2D eigenvalue weighted by atomic mass is 10.1. The van der Waals surface area contributed by atoms with Crippen molar-refractivity contribution in [2.75, 3.05) is 19.8 Å². The van der Waals surface area contributed by atoms with E-state index in [2.05, 4.69) is 5.32 Å². The molecule has 0 aliphatic carbocycles. The summed E-state index contributed by atoms with van der Waals surface area (Å²) in [7, 11) is 0. The molecule has 1 atom stereocenters. The third-order valence-electron chi connectivity index (χ3n) is 2.44. The Morgan fingerprint density at radius 3 is 3.00 bits per heavy atom. The Labute approximate surface area is 106 Å². The largest absolute Gasteiger partial charge is 0.484 e. The summed E-state index contributed by atoms with van der Waals surface area (Å²) in [5, 5.41) is 11.4. The van der Waals surface area contributed by atoms with Gasteiger partial charge in [0, 0.05) is 19.2 Å². The van der Waals surface area contributed by atoms with Crippen LogP contribution >= 0.6 is 0 Å². The SMILES string of the molecule is CC(CCO)CNC(=O)COc1cccc(F)c1. The molecule has 1 unspecified atom stereocenters. The highest BCUT2D eigenvalue weighted by atomic mass is 19.1. The number of ether oxygens (including phenoxy) is 1. The number of rotatable bonds is 7. The maximum absolute atomic E-state index is 12.8. The van der Waals surface area contributed by atoms with E-state index in [0.29, 0.717) is 18.7 Å². The predicted octanol–water partition coefficient (Wildman–Crippen LogP) is 1.34. The summed E-state index contributed by atoms with van der Waals surface area (Å²) >= 11 is 0. The van der Waals surface area contributed by atoms with Crippen molar-refractivity contribution in [1.29, 1.82) is 0 Å². The third-order valence-corrected chi connectivity index (χ3v) is 2.44. The lowest BCUT2D eigenvalue weighted by Crippen LogP contribution is -2.32. The molecule has 0 aromatic heterocycles.